The minimum atomic E-state index is -0.735. The molecule has 0 saturated heterocycles. The molecule has 2 nitrogen and oxygen atoms in total. The number of hydrogen-bond acceptors (Lipinski definition) is 0. The first-order valence-corrected chi connectivity index (χ1v) is 16.9. The topological polar surface area (TPSA) is 9.86 Å². The van der Waals surface area contributed by atoms with Crippen LogP contribution in [0.15, 0.2) is 61.2 Å². The third kappa shape index (κ3) is 6.93. The number of hydrogen-bond donors (Lipinski definition) is 0. The summed E-state index contributed by atoms with van der Waals surface area (Å²) in [5, 5.41) is 1.81. The molecule has 2 aromatic carbocycles. The third-order valence-corrected chi connectivity index (χ3v) is 8.48. The Morgan fingerprint density at radius 1 is 0.966 bits per heavy atom. The number of aryl methyl sites for hydroxylation is 3. The van der Waals surface area contributed by atoms with Gasteiger partial charge in [-0.3, -0.25) is 0 Å². The first-order chi connectivity index (χ1) is 13.7. The van der Waals surface area contributed by atoms with Crippen molar-refractivity contribution in [2.24, 2.45) is 0 Å². The molecular formula is C23H31Cl2N2PPt+2. The summed E-state index contributed by atoms with van der Waals surface area (Å²) in [5.41, 5.74) is 5.29. The Hall–Kier alpha value is -0.652. The fourth-order valence-electron chi connectivity index (χ4n) is 3.78. The molecule has 6 heteroatoms. The van der Waals surface area contributed by atoms with E-state index in [0.29, 0.717) is 5.16 Å². The van der Waals surface area contributed by atoms with Crippen molar-refractivity contribution in [3.63, 3.8) is 0 Å². The van der Waals surface area contributed by atoms with Crippen molar-refractivity contribution in [1.82, 2.24) is 9.13 Å². The van der Waals surface area contributed by atoms with E-state index < -0.39 is 24.4 Å². The molecule has 3 rings (SSSR count). The number of benzene rings is 2. The molecule has 1 aromatic heterocycles. The SMILES string of the molecule is Cc1cc(C)c(-n2ccn(C[PH+](c3ccccc3)C(C)(C)C)[cH+]2)c(C)c1.[Cl][Pt][Cl]. The summed E-state index contributed by atoms with van der Waals surface area (Å²) in [7, 11) is 9.01. The van der Waals surface area contributed by atoms with Crippen molar-refractivity contribution in [2.75, 3.05) is 0 Å². The van der Waals surface area contributed by atoms with Gasteiger partial charge in [-0.2, -0.15) is 4.57 Å². The summed E-state index contributed by atoms with van der Waals surface area (Å²) in [6.45, 7) is 13.7. The normalized spacial score (nSPS) is 12.4. The fourth-order valence-corrected chi connectivity index (χ4v) is 6.45. The van der Waals surface area contributed by atoms with Crippen LogP contribution >= 0.6 is 26.8 Å². The molecule has 0 spiro atoms. The van der Waals surface area contributed by atoms with E-state index in [1.54, 1.807) is 0 Å². The second kappa shape index (κ2) is 11.1. The van der Waals surface area contributed by atoms with Crippen LogP contribution in [-0.2, 0) is 22.8 Å². The second-order valence-corrected chi connectivity index (χ2v) is 15.0. The first-order valence-electron chi connectivity index (χ1n) is 9.56. The molecular weight excluding hydrogens is 601 g/mol. The van der Waals surface area contributed by atoms with E-state index in [9.17, 15) is 0 Å². The Labute approximate surface area is 193 Å². The van der Waals surface area contributed by atoms with E-state index in [-0.39, 0.29) is 0 Å². The van der Waals surface area contributed by atoms with Crippen LogP contribution in [0.1, 0.15) is 37.5 Å². The molecule has 0 aliphatic carbocycles. The number of imidazole rings is 1. The summed E-state index contributed by atoms with van der Waals surface area (Å²) in [6.07, 6.45) is 7.75. The minimum absolute atomic E-state index is 0.302. The predicted molar refractivity (Wildman–Crippen MR) is 128 cm³/mol. The first kappa shape index (κ1) is 24.6. The van der Waals surface area contributed by atoms with Gasteiger partial charge in [-0.15, -0.1) is 0 Å². The van der Waals surface area contributed by atoms with Gasteiger partial charge in [0.25, 0.3) is 0 Å². The van der Waals surface area contributed by atoms with E-state index in [4.69, 9.17) is 18.8 Å². The third-order valence-electron chi connectivity index (χ3n) is 4.95. The summed E-state index contributed by atoms with van der Waals surface area (Å²) >= 11 is -0.472. The standard InChI is InChI=1S/C23H30N2P.2ClH.Pt/c1-18-14-19(2)22(20(3)15-18)25-13-12-24(16-25)17-26(23(4,5)6)21-10-8-7-9-11-21;;;/h7-16H,17H2,1-6H3;2*1H;/q+1;;;+2/p-1. The molecule has 0 amide bonds. The fraction of sp³-hybridized carbons (Fsp3) is 0.348. The predicted octanol–water partition coefficient (Wildman–Crippen LogP) is 7.16. The Morgan fingerprint density at radius 3 is 2.03 bits per heavy atom. The Balaban J connectivity index is 0.000000941. The molecule has 1 atom stereocenters. The zero-order valence-corrected chi connectivity index (χ0v) is 22.7. The number of aromatic nitrogens is 2. The number of nitrogens with zero attached hydrogens (tertiary/aromatic N) is 2. The summed E-state index contributed by atoms with van der Waals surface area (Å²) < 4.78 is 4.64. The van der Waals surface area contributed by atoms with Gasteiger partial charge in [0.2, 0.25) is 0 Å². The van der Waals surface area contributed by atoms with Crippen molar-refractivity contribution >= 4 is 32.1 Å². The van der Waals surface area contributed by atoms with E-state index >= 15 is 0 Å². The van der Waals surface area contributed by atoms with E-state index in [2.05, 4.69) is 112 Å². The molecule has 0 fully saturated rings. The molecule has 160 valence electrons. The molecule has 3 aromatic rings. The van der Waals surface area contributed by atoms with Gasteiger partial charge in [-0.1, -0.05) is 18.2 Å². The van der Waals surface area contributed by atoms with Crippen LogP contribution in [0.3, 0.4) is 0 Å². The monoisotopic (exact) mass is 631 g/mol. The van der Waals surface area contributed by atoms with Crippen molar-refractivity contribution < 1.29 is 16.5 Å². The Morgan fingerprint density at radius 2 is 1.52 bits per heavy atom. The second-order valence-electron chi connectivity index (χ2n) is 8.38. The van der Waals surface area contributed by atoms with E-state index in [1.165, 1.54) is 27.7 Å². The molecule has 0 aliphatic rings. The number of halogens is 2. The molecule has 0 aliphatic heterocycles. The summed E-state index contributed by atoms with van der Waals surface area (Å²) in [5.74, 6) is 0. The zero-order valence-electron chi connectivity index (χ0n) is 17.9. The summed E-state index contributed by atoms with van der Waals surface area (Å²) in [6, 6.07) is 15.6. The quantitative estimate of drug-likeness (QED) is 0.214. The zero-order chi connectivity index (χ0) is 21.6. The van der Waals surface area contributed by atoms with E-state index in [1.807, 2.05) is 0 Å². The molecule has 0 N–H and O–H groups in total. The van der Waals surface area contributed by atoms with Gasteiger partial charge in [0.05, 0.1) is 18.4 Å². The maximum atomic E-state index is 4.88. The van der Waals surface area contributed by atoms with Gasteiger partial charge in [0.15, 0.2) is 12.6 Å². The molecule has 1 heterocycles. The average Bonchev–Trinajstić information content (AvgIpc) is 3.07. The van der Waals surface area contributed by atoms with Crippen LogP contribution in [-0.4, -0.2) is 14.3 Å². The molecule has 0 bridgehead atoms. The molecule has 0 saturated carbocycles. The molecule has 1 unspecified atom stereocenters. The molecule has 0 radical (unpaired) electrons. The van der Waals surface area contributed by atoms with Crippen molar-refractivity contribution in [1.29, 1.82) is 0 Å². The Kier molecular flexibility index (Phi) is 9.43. The van der Waals surface area contributed by atoms with Crippen LogP contribution < -0.4 is 5.30 Å². The van der Waals surface area contributed by atoms with Crippen molar-refractivity contribution in [3.8, 4) is 5.69 Å². The summed E-state index contributed by atoms with van der Waals surface area (Å²) in [4.78, 5) is 0. The van der Waals surface area contributed by atoms with Crippen LogP contribution in [0.25, 0.3) is 5.69 Å². The van der Waals surface area contributed by atoms with Crippen LogP contribution in [0.5, 0.6) is 0 Å². The maximum absolute atomic E-state index is 4.88. The van der Waals surface area contributed by atoms with Crippen molar-refractivity contribution in [3.05, 3.63) is 77.9 Å². The van der Waals surface area contributed by atoms with E-state index in [0.717, 1.165) is 6.29 Å². The van der Waals surface area contributed by atoms with Crippen LogP contribution in [0, 0.1) is 20.8 Å². The van der Waals surface area contributed by atoms with Crippen LogP contribution in [0.2, 0.25) is 0 Å². The van der Waals surface area contributed by atoms with Crippen molar-refractivity contribution in [2.45, 2.75) is 53.0 Å². The van der Waals surface area contributed by atoms with Gasteiger partial charge in [0, 0.05) is 11.1 Å². The van der Waals surface area contributed by atoms with Gasteiger partial charge >= 0.3 is 35.3 Å². The van der Waals surface area contributed by atoms with Gasteiger partial charge < -0.3 is 0 Å². The number of rotatable bonds is 4. The van der Waals surface area contributed by atoms with Gasteiger partial charge in [-0.25, -0.2) is 4.57 Å². The van der Waals surface area contributed by atoms with Gasteiger partial charge in [0.1, 0.15) is 18.1 Å². The average molecular weight is 632 g/mol. The van der Waals surface area contributed by atoms with Crippen LogP contribution in [0.4, 0.5) is 0 Å². The molecule has 29 heavy (non-hydrogen) atoms. The van der Waals surface area contributed by atoms with Gasteiger partial charge in [-0.05, 0) is 71.4 Å². The Bertz CT molecular complexity index is 897.